The van der Waals surface area contributed by atoms with Crippen LogP contribution in [-0.2, 0) is 4.74 Å². The number of rotatable bonds is 6. The van der Waals surface area contributed by atoms with Crippen LogP contribution in [0.15, 0.2) is 0 Å². The van der Waals surface area contributed by atoms with Crippen molar-refractivity contribution in [2.24, 2.45) is 5.92 Å². The number of ether oxygens (including phenoxy) is 1. The summed E-state index contributed by atoms with van der Waals surface area (Å²) in [5, 5.41) is 0. The third-order valence-electron chi connectivity index (χ3n) is 4.06. The van der Waals surface area contributed by atoms with E-state index in [0.29, 0.717) is 0 Å². The van der Waals surface area contributed by atoms with E-state index in [4.69, 9.17) is 4.74 Å². The van der Waals surface area contributed by atoms with E-state index in [9.17, 15) is 0 Å². The molecule has 0 spiro atoms. The number of hydrogen-bond donors (Lipinski definition) is 0. The van der Waals surface area contributed by atoms with Gasteiger partial charge in [-0.3, -0.25) is 9.80 Å². The van der Waals surface area contributed by atoms with Gasteiger partial charge in [0.2, 0.25) is 0 Å². The van der Waals surface area contributed by atoms with Crippen LogP contribution in [-0.4, -0.2) is 61.8 Å². The van der Waals surface area contributed by atoms with Crippen molar-refractivity contribution in [1.82, 2.24) is 9.80 Å². The SMILES string of the molecule is CC(C)CCOCCN1CCN2CCCC2C1. The van der Waals surface area contributed by atoms with Gasteiger partial charge in [-0.15, -0.1) is 0 Å². The number of fused-ring (bicyclic) bond motifs is 1. The van der Waals surface area contributed by atoms with E-state index in [-0.39, 0.29) is 0 Å². The molecule has 0 aromatic carbocycles. The third kappa shape index (κ3) is 4.23. The lowest BCUT2D eigenvalue weighted by Crippen LogP contribution is -2.50. The van der Waals surface area contributed by atoms with E-state index < -0.39 is 0 Å². The average Bonchev–Trinajstić information content (AvgIpc) is 2.75. The molecule has 3 heteroatoms. The Bertz CT molecular complexity index is 220. The van der Waals surface area contributed by atoms with Crippen LogP contribution in [0.3, 0.4) is 0 Å². The molecule has 2 aliphatic rings. The molecular weight excluding hydrogens is 212 g/mol. The highest BCUT2D eigenvalue weighted by Gasteiger charge is 2.29. The minimum absolute atomic E-state index is 0.761. The first-order valence-corrected chi connectivity index (χ1v) is 7.30. The fourth-order valence-corrected chi connectivity index (χ4v) is 2.87. The van der Waals surface area contributed by atoms with Gasteiger partial charge in [0, 0.05) is 38.8 Å². The largest absolute Gasteiger partial charge is 0.380 e. The van der Waals surface area contributed by atoms with Gasteiger partial charge in [0.15, 0.2) is 0 Å². The summed E-state index contributed by atoms with van der Waals surface area (Å²) in [6, 6.07) is 0.847. The summed E-state index contributed by atoms with van der Waals surface area (Å²) >= 11 is 0. The second-order valence-electron chi connectivity index (χ2n) is 5.93. The zero-order chi connectivity index (χ0) is 12.1. The van der Waals surface area contributed by atoms with Crippen molar-refractivity contribution in [3.8, 4) is 0 Å². The average molecular weight is 240 g/mol. The van der Waals surface area contributed by atoms with Crippen LogP contribution in [0.1, 0.15) is 33.1 Å². The van der Waals surface area contributed by atoms with E-state index in [0.717, 1.165) is 31.7 Å². The molecule has 2 heterocycles. The zero-order valence-corrected chi connectivity index (χ0v) is 11.5. The van der Waals surface area contributed by atoms with E-state index in [2.05, 4.69) is 23.6 Å². The van der Waals surface area contributed by atoms with E-state index in [1.165, 1.54) is 45.4 Å². The maximum absolute atomic E-state index is 5.70. The molecule has 0 aromatic heterocycles. The summed E-state index contributed by atoms with van der Waals surface area (Å²) in [4.78, 5) is 5.25. The number of piperazine rings is 1. The Kier molecular flexibility index (Phi) is 5.26. The first-order valence-electron chi connectivity index (χ1n) is 7.30. The molecule has 0 radical (unpaired) electrons. The van der Waals surface area contributed by atoms with Crippen molar-refractivity contribution in [2.75, 3.05) is 45.9 Å². The first-order chi connectivity index (χ1) is 8.25. The molecule has 0 N–H and O–H groups in total. The fraction of sp³-hybridized carbons (Fsp3) is 1.00. The Morgan fingerprint density at radius 3 is 2.88 bits per heavy atom. The molecule has 2 saturated heterocycles. The minimum Gasteiger partial charge on any atom is -0.380 e. The van der Waals surface area contributed by atoms with Gasteiger partial charge in [0.25, 0.3) is 0 Å². The second-order valence-corrected chi connectivity index (χ2v) is 5.93. The Balaban J connectivity index is 1.54. The maximum Gasteiger partial charge on any atom is 0.0593 e. The van der Waals surface area contributed by atoms with Crippen molar-refractivity contribution in [3.63, 3.8) is 0 Å². The lowest BCUT2D eigenvalue weighted by molar-refractivity contribution is 0.0588. The Hall–Kier alpha value is -0.120. The lowest BCUT2D eigenvalue weighted by Gasteiger charge is -2.37. The molecule has 1 atom stereocenters. The predicted molar refractivity (Wildman–Crippen MR) is 71.3 cm³/mol. The number of hydrogen-bond acceptors (Lipinski definition) is 3. The van der Waals surface area contributed by atoms with Crippen molar-refractivity contribution in [1.29, 1.82) is 0 Å². The molecular formula is C14H28N2O. The normalized spacial score (nSPS) is 26.6. The maximum atomic E-state index is 5.70. The fourth-order valence-electron chi connectivity index (χ4n) is 2.87. The molecule has 3 nitrogen and oxygen atoms in total. The van der Waals surface area contributed by atoms with E-state index in [1.54, 1.807) is 0 Å². The quantitative estimate of drug-likeness (QED) is 0.659. The van der Waals surface area contributed by atoms with Crippen molar-refractivity contribution in [2.45, 2.75) is 39.2 Å². The second kappa shape index (κ2) is 6.72. The van der Waals surface area contributed by atoms with Crippen LogP contribution < -0.4 is 0 Å². The molecule has 2 fully saturated rings. The van der Waals surface area contributed by atoms with Crippen LogP contribution in [0.2, 0.25) is 0 Å². The highest BCUT2D eigenvalue weighted by molar-refractivity contribution is 4.86. The van der Waals surface area contributed by atoms with Gasteiger partial charge < -0.3 is 4.74 Å². The van der Waals surface area contributed by atoms with Gasteiger partial charge in [0.1, 0.15) is 0 Å². The zero-order valence-electron chi connectivity index (χ0n) is 11.5. The lowest BCUT2D eigenvalue weighted by atomic mass is 10.1. The smallest absolute Gasteiger partial charge is 0.0593 e. The summed E-state index contributed by atoms with van der Waals surface area (Å²) in [6.45, 7) is 12.6. The predicted octanol–water partition coefficient (Wildman–Crippen LogP) is 1.83. The van der Waals surface area contributed by atoms with Crippen LogP contribution in [0.25, 0.3) is 0 Å². The van der Waals surface area contributed by atoms with Gasteiger partial charge in [-0.1, -0.05) is 13.8 Å². The third-order valence-corrected chi connectivity index (χ3v) is 4.06. The summed E-state index contributed by atoms with van der Waals surface area (Å²) in [6.07, 6.45) is 4.00. The van der Waals surface area contributed by atoms with Crippen molar-refractivity contribution in [3.05, 3.63) is 0 Å². The van der Waals surface area contributed by atoms with Gasteiger partial charge in [-0.25, -0.2) is 0 Å². The monoisotopic (exact) mass is 240 g/mol. The van der Waals surface area contributed by atoms with Crippen LogP contribution in [0, 0.1) is 5.92 Å². The van der Waals surface area contributed by atoms with E-state index >= 15 is 0 Å². The molecule has 0 aromatic rings. The van der Waals surface area contributed by atoms with Crippen molar-refractivity contribution >= 4 is 0 Å². The topological polar surface area (TPSA) is 15.7 Å². The molecule has 0 saturated carbocycles. The van der Waals surface area contributed by atoms with Gasteiger partial charge >= 0.3 is 0 Å². The molecule has 0 bridgehead atoms. The Morgan fingerprint density at radius 1 is 1.18 bits per heavy atom. The molecule has 100 valence electrons. The molecule has 0 aliphatic carbocycles. The standard InChI is InChI=1S/C14H28N2O/c1-13(2)5-10-17-11-9-15-7-8-16-6-3-4-14(16)12-15/h13-14H,3-12H2,1-2H3. The summed E-state index contributed by atoms with van der Waals surface area (Å²) in [5.41, 5.74) is 0. The van der Waals surface area contributed by atoms with Crippen LogP contribution >= 0.6 is 0 Å². The van der Waals surface area contributed by atoms with Gasteiger partial charge in [-0.2, -0.15) is 0 Å². The summed E-state index contributed by atoms with van der Waals surface area (Å²) in [7, 11) is 0. The van der Waals surface area contributed by atoms with E-state index in [1.807, 2.05) is 0 Å². The number of nitrogens with zero attached hydrogens (tertiary/aromatic N) is 2. The molecule has 2 aliphatic heterocycles. The minimum atomic E-state index is 0.761. The molecule has 17 heavy (non-hydrogen) atoms. The highest BCUT2D eigenvalue weighted by atomic mass is 16.5. The molecule has 1 unspecified atom stereocenters. The van der Waals surface area contributed by atoms with Gasteiger partial charge in [-0.05, 0) is 31.7 Å². The van der Waals surface area contributed by atoms with Crippen LogP contribution in [0.5, 0.6) is 0 Å². The molecule has 0 amide bonds. The first kappa shape index (κ1) is 13.3. The molecule has 2 rings (SSSR count). The highest BCUT2D eigenvalue weighted by Crippen LogP contribution is 2.21. The Labute approximate surface area is 106 Å². The van der Waals surface area contributed by atoms with Crippen molar-refractivity contribution < 1.29 is 4.74 Å². The van der Waals surface area contributed by atoms with Gasteiger partial charge in [0.05, 0.1) is 6.61 Å². The Morgan fingerprint density at radius 2 is 2.06 bits per heavy atom. The summed E-state index contributed by atoms with van der Waals surface area (Å²) < 4.78 is 5.70. The van der Waals surface area contributed by atoms with Crippen LogP contribution in [0.4, 0.5) is 0 Å². The summed E-state index contributed by atoms with van der Waals surface area (Å²) in [5.74, 6) is 0.761.